The summed E-state index contributed by atoms with van der Waals surface area (Å²) in [6, 6.07) is 11.4. The number of hydrogen-bond donors (Lipinski definition) is 1. The van der Waals surface area contributed by atoms with Gasteiger partial charge in [0, 0.05) is 24.5 Å². The highest BCUT2D eigenvalue weighted by Crippen LogP contribution is 2.15. The van der Waals surface area contributed by atoms with E-state index in [1.165, 1.54) is 0 Å². The fourth-order valence-corrected chi connectivity index (χ4v) is 1.94. The Morgan fingerprint density at radius 2 is 1.86 bits per heavy atom. The minimum Gasteiger partial charge on any atom is -0.352 e. The number of para-hydroxylation sites is 1. The molecule has 1 heterocycles. The number of carbonyl (C=O) groups is 1. The average Bonchev–Trinajstić information content (AvgIpc) is 2.45. The summed E-state index contributed by atoms with van der Waals surface area (Å²) in [5, 5.41) is 3.13. The van der Waals surface area contributed by atoms with E-state index in [9.17, 15) is 4.79 Å². The lowest BCUT2D eigenvalue weighted by atomic mass is 10.2. The van der Waals surface area contributed by atoms with Crippen LogP contribution >= 0.6 is 0 Å². The standard InChI is InChI=1S/C16H20N4O/c1-11(2)17-16-18-12(3)10-14(19-16)15(21)20(4)13-8-6-5-7-9-13/h5-11H,1-4H3,(H,17,18,19). The predicted octanol–water partition coefficient (Wildman–Crippen LogP) is 2.88. The van der Waals surface area contributed by atoms with Crippen LogP contribution in [0.15, 0.2) is 36.4 Å². The zero-order chi connectivity index (χ0) is 15.4. The van der Waals surface area contributed by atoms with Gasteiger partial charge in [0.1, 0.15) is 5.69 Å². The van der Waals surface area contributed by atoms with Crippen molar-refractivity contribution in [2.24, 2.45) is 0 Å². The summed E-state index contributed by atoms with van der Waals surface area (Å²) < 4.78 is 0. The van der Waals surface area contributed by atoms with Crippen molar-refractivity contribution in [2.45, 2.75) is 26.8 Å². The monoisotopic (exact) mass is 284 g/mol. The Balaban J connectivity index is 2.28. The van der Waals surface area contributed by atoms with Crippen LogP contribution in [0.25, 0.3) is 0 Å². The van der Waals surface area contributed by atoms with Gasteiger partial charge in [0.05, 0.1) is 0 Å². The predicted molar refractivity (Wildman–Crippen MR) is 84.7 cm³/mol. The van der Waals surface area contributed by atoms with Gasteiger partial charge in [-0.3, -0.25) is 4.79 Å². The van der Waals surface area contributed by atoms with Crippen LogP contribution in [0.5, 0.6) is 0 Å². The maximum absolute atomic E-state index is 12.5. The molecule has 5 heteroatoms. The van der Waals surface area contributed by atoms with Gasteiger partial charge in [0.25, 0.3) is 5.91 Å². The molecule has 1 amide bonds. The molecular formula is C16H20N4O. The van der Waals surface area contributed by atoms with Crippen LogP contribution in [0.1, 0.15) is 30.0 Å². The summed E-state index contributed by atoms with van der Waals surface area (Å²) in [5.74, 6) is 0.327. The zero-order valence-electron chi connectivity index (χ0n) is 12.8. The minimum atomic E-state index is -0.154. The first-order chi connectivity index (χ1) is 9.97. The summed E-state index contributed by atoms with van der Waals surface area (Å²) >= 11 is 0. The minimum absolute atomic E-state index is 0.154. The van der Waals surface area contributed by atoms with Gasteiger partial charge in [-0.05, 0) is 39.0 Å². The topological polar surface area (TPSA) is 58.1 Å². The lowest BCUT2D eigenvalue weighted by Gasteiger charge is -2.17. The van der Waals surface area contributed by atoms with Gasteiger partial charge in [-0.2, -0.15) is 0 Å². The van der Waals surface area contributed by atoms with E-state index in [0.717, 1.165) is 11.4 Å². The van der Waals surface area contributed by atoms with E-state index in [1.54, 1.807) is 18.0 Å². The molecule has 0 saturated heterocycles. The molecule has 5 nitrogen and oxygen atoms in total. The van der Waals surface area contributed by atoms with Crippen LogP contribution in [0.3, 0.4) is 0 Å². The van der Waals surface area contributed by atoms with E-state index in [0.29, 0.717) is 11.6 Å². The fourth-order valence-electron chi connectivity index (χ4n) is 1.94. The number of aryl methyl sites for hydroxylation is 1. The van der Waals surface area contributed by atoms with Gasteiger partial charge in [-0.25, -0.2) is 9.97 Å². The molecule has 2 aromatic rings. The van der Waals surface area contributed by atoms with Gasteiger partial charge in [0.2, 0.25) is 5.95 Å². The largest absolute Gasteiger partial charge is 0.352 e. The highest BCUT2D eigenvalue weighted by atomic mass is 16.2. The molecule has 0 spiro atoms. The van der Waals surface area contributed by atoms with Crippen molar-refractivity contribution in [1.82, 2.24) is 9.97 Å². The van der Waals surface area contributed by atoms with E-state index in [2.05, 4.69) is 15.3 Å². The number of carbonyl (C=O) groups excluding carboxylic acids is 1. The Hall–Kier alpha value is -2.43. The zero-order valence-corrected chi connectivity index (χ0v) is 12.8. The molecule has 0 aliphatic rings. The third-order valence-corrected chi connectivity index (χ3v) is 2.94. The molecule has 0 aliphatic carbocycles. The molecule has 0 aliphatic heterocycles. The quantitative estimate of drug-likeness (QED) is 0.938. The second-order valence-electron chi connectivity index (χ2n) is 5.22. The van der Waals surface area contributed by atoms with E-state index in [4.69, 9.17) is 0 Å². The van der Waals surface area contributed by atoms with Crippen LogP contribution in [-0.4, -0.2) is 29.0 Å². The number of benzene rings is 1. The highest BCUT2D eigenvalue weighted by Gasteiger charge is 2.16. The first-order valence-corrected chi connectivity index (χ1v) is 6.92. The van der Waals surface area contributed by atoms with E-state index >= 15 is 0 Å². The van der Waals surface area contributed by atoms with Crippen molar-refractivity contribution < 1.29 is 4.79 Å². The number of nitrogens with zero attached hydrogens (tertiary/aromatic N) is 3. The van der Waals surface area contributed by atoms with Gasteiger partial charge < -0.3 is 10.2 Å². The van der Waals surface area contributed by atoms with Crippen molar-refractivity contribution in [3.05, 3.63) is 47.8 Å². The normalized spacial score (nSPS) is 10.5. The third-order valence-electron chi connectivity index (χ3n) is 2.94. The van der Waals surface area contributed by atoms with Crippen LogP contribution in [-0.2, 0) is 0 Å². The summed E-state index contributed by atoms with van der Waals surface area (Å²) in [6.07, 6.45) is 0. The highest BCUT2D eigenvalue weighted by molar-refractivity contribution is 6.04. The Labute approximate surface area is 125 Å². The Bertz CT molecular complexity index is 625. The van der Waals surface area contributed by atoms with Gasteiger partial charge >= 0.3 is 0 Å². The summed E-state index contributed by atoms with van der Waals surface area (Å²) in [7, 11) is 1.74. The maximum atomic E-state index is 12.5. The Kier molecular flexibility index (Phi) is 4.52. The van der Waals surface area contributed by atoms with Crippen molar-refractivity contribution in [3.8, 4) is 0 Å². The first-order valence-electron chi connectivity index (χ1n) is 6.92. The van der Waals surface area contributed by atoms with Crippen LogP contribution in [0.2, 0.25) is 0 Å². The molecule has 0 saturated carbocycles. The average molecular weight is 284 g/mol. The van der Waals surface area contributed by atoms with Crippen molar-refractivity contribution in [3.63, 3.8) is 0 Å². The molecule has 0 fully saturated rings. The van der Waals surface area contributed by atoms with Crippen LogP contribution in [0.4, 0.5) is 11.6 Å². The molecular weight excluding hydrogens is 264 g/mol. The third kappa shape index (κ3) is 3.78. The fraction of sp³-hybridized carbons (Fsp3) is 0.312. The number of anilines is 2. The lowest BCUT2D eigenvalue weighted by Crippen LogP contribution is -2.27. The van der Waals surface area contributed by atoms with Gasteiger partial charge in [-0.15, -0.1) is 0 Å². The first kappa shape index (κ1) is 15.0. The summed E-state index contributed by atoms with van der Waals surface area (Å²) in [6.45, 7) is 5.86. The number of amides is 1. The maximum Gasteiger partial charge on any atom is 0.276 e. The molecule has 0 radical (unpaired) electrons. The second-order valence-corrected chi connectivity index (χ2v) is 5.22. The smallest absolute Gasteiger partial charge is 0.276 e. The number of aromatic nitrogens is 2. The Morgan fingerprint density at radius 3 is 2.48 bits per heavy atom. The summed E-state index contributed by atoms with van der Waals surface area (Å²) in [4.78, 5) is 22.7. The number of rotatable bonds is 4. The van der Waals surface area contributed by atoms with E-state index in [-0.39, 0.29) is 11.9 Å². The van der Waals surface area contributed by atoms with Crippen LogP contribution in [0, 0.1) is 6.92 Å². The SMILES string of the molecule is Cc1cc(C(=O)N(C)c2ccccc2)nc(NC(C)C)n1. The molecule has 2 rings (SSSR count). The second kappa shape index (κ2) is 6.35. The van der Waals surface area contributed by atoms with Crippen molar-refractivity contribution >= 4 is 17.5 Å². The molecule has 1 N–H and O–H groups in total. The molecule has 0 atom stereocenters. The molecule has 110 valence electrons. The molecule has 21 heavy (non-hydrogen) atoms. The van der Waals surface area contributed by atoms with Gasteiger partial charge in [0.15, 0.2) is 0 Å². The molecule has 0 bridgehead atoms. The number of hydrogen-bond acceptors (Lipinski definition) is 4. The Morgan fingerprint density at radius 1 is 1.19 bits per heavy atom. The molecule has 1 aromatic carbocycles. The van der Waals surface area contributed by atoms with E-state index < -0.39 is 0 Å². The van der Waals surface area contributed by atoms with Gasteiger partial charge in [-0.1, -0.05) is 18.2 Å². The lowest BCUT2D eigenvalue weighted by molar-refractivity contribution is 0.0988. The molecule has 1 aromatic heterocycles. The number of nitrogens with one attached hydrogen (secondary N) is 1. The van der Waals surface area contributed by atoms with Crippen LogP contribution < -0.4 is 10.2 Å². The van der Waals surface area contributed by atoms with E-state index in [1.807, 2.05) is 51.1 Å². The summed E-state index contributed by atoms with van der Waals surface area (Å²) in [5.41, 5.74) is 1.98. The van der Waals surface area contributed by atoms with Crippen molar-refractivity contribution in [2.75, 3.05) is 17.3 Å². The molecule has 0 unspecified atom stereocenters. The van der Waals surface area contributed by atoms with Crippen molar-refractivity contribution in [1.29, 1.82) is 0 Å².